The van der Waals surface area contributed by atoms with Crippen LogP contribution in [0.4, 0.5) is 0 Å². The molecule has 2 heterocycles. The number of para-hydroxylation sites is 1. The fourth-order valence-corrected chi connectivity index (χ4v) is 7.45. The van der Waals surface area contributed by atoms with Crippen molar-refractivity contribution >= 4 is 62.5 Å². The Morgan fingerprint density at radius 3 is 2.46 bits per heavy atom. The molecule has 0 spiro atoms. The van der Waals surface area contributed by atoms with Gasteiger partial charge in [-0.05, 0) is 78.7 Å². The van der Waals surface area contributed by atoms with Crippen LogP contribution in [-0.2, 0) is 11.4 Å². The Labute approximate surface area is 289 Å². The number of halogens is 3. The van der Waals surface area contributed by atoms with Gasteiger partial charge in [-0.3, -0.25) is 14.2 Å². The molecule has 0 N–H and O–H groups in total. The molecule has 1 amide bonds. The number of benzene rings is 3. The van der Waals surface area contributed by atoms with Crippen LogP contribution in [0.2, 0.25) is 10.0 Å². The van der Waals surface area contributed by atoms with E-state index in [0.717, 1.165) is 5.56 Å². The van der Waals surface area contributed by atoms with Crippen molar-refractivity contribution in [2.45, 2.75) is 33.4 Å². The predicted octanol–water partition coefficient (Wildman–Crippen LogP) is 6.77. The molecule has 46 heavy (non-hydrogen) atoms. The molecule has 240 valence electrons. The quantitative estimate of drug-likeness (QED) is 0.179. The highest BCUT2D eigenvalue weighted by molar-refractivity contribution is 9.10. The molecule has 12 heteroatoms. The van der Waals surface area contributed by atoms with Crippen LogP contribution in [-0.4, -0.2) is 42.7 Å². The highest BCUT2D eigenvalue weighted by Crippen LogP contribution is 2.39. The maximum atomic E-state index is 14.2. The molecule has 0 saturated heterocycles. The van der Waals surface area contributed by atoms with Crippen molar-refractivity contribution in [3.05, 3.63) is 117 Å². The van der Waals surface area contributed by atoms with Crippen LogP contribution in [0.15, 0.2) is 80.1 Å². The molecule has 0 bridgehead atoms. The first-order chi connectivity index (χ1) is 22.1. The summed E-state index contributed by atoms with van der Waals surface area (Å²) in [6.45, 7) is 6.92. The van der Waals surface area contributed by atoms with Crippen molar-refractivity contribution in [3.63, 3.8) is 0 Å². The molecule has 5 rings (SSSR count). The number of aromatic nitrogens is 1. The number of amides is 1. The van der Waals surface area contributed by atoms with E-state index in [1.165, 1.54) is 11.3 Å². The number of hydrogen-bond donors (Lipinski definition) is 0. The maximum Gasteiger partial charge on any atom is 0.271 e. The smallest absolute Gasteiger partial charge is 0.271 e. The Morgan fingerprint density at radius 2 is 1.78 bits per heavy atom. The Hall–Kier alpha value is -3.57. The van der Waals surface area contributed by atoms with Crippen LogP contribution in [0, 0.1) is 0 Å². The van der Waals surface area contributed by atoms with E-state index in [1.807, 2.05) is 51.1 Å². The van der Waals surface area contributed by atoms with E-state index in [0.29, 0.717) is 76.6 Å². The fraction of sp³-hybridized carbons (Fsp3) is 0.265. The molecular formula is C34H32BrCl2N3O5S. The van der Waals surface area contributed by atoms with Crippen LogP contribution >= 0.6 is 50.5 Å². The zero-order chi connectivity index (χ0) is 33.1. The molecule has 0 radical (unpaired) electrons. The number of thiazole rings is 1. The number of likely N-dealkylation sites (N-methyl/N-ethyl adjacent to an activating group) is 1. The van der Waals surface area contributed by atoms with Gasteiger partial charge in [0.25, 0.3) is 11.5 Å². The van der Waals surface area contributed by atoms with Gasteiger partial charge < -0.3 is 19.1 Å². The molecule has 1 aliphatic heterocycles. The van der Waals surface area contributed by atoms with Crippen LogP contribution < -0.4 is 29.1 Å². The first-order valence-electron chi connectivity index (χ1n) is 14.5. The molecule has 8 nitrogen and oxygen atoms in total. The largest absolute Gasteiger partial charge is 0.496 e. The van der Waals surface area contributed by atoms with Gasteiger partial charge in [-0.15, -0.1) is 0 Å². The second-order valence-corrected chi connectivity index (χ2v) is 13.1. The number of allylic oxidation sites excluding steroid dienone is 1. The molecule has 0 unspecified atom stereocenters. The minimum Gasteiger partial charge on any atom is -0.496 e. The summed E-state index contributed by atoms with van der Waals surface area (Å²) in [5.74, 6) is 1.36. The molecule has 4 aromatic rings. The minimum absolute atomic E-state index is 0.166. The average Bonchev–Trinajstić information content (AvgIpc) is 3.34. The molecule has 0 fully saturated rings. The van der Waals surface area contributed by atoms with Crippen LogP contribution in [0.1, 0.15) is 43.5 Å². The monoisotopic (exact) mass is 743 g/mol. The summed E-state index contributed by atoms with van der Waals surface area (Å²) in [6.07, 6.45) is 1.78. The molecular weight excluding hydrogens is 713 g/mol. The number of ether oxygens (including phenoxy) is 3. The summed E-state index contributed by atoms with van der Waals surface area (Å²) >= 11 is 17.2. The van der Waals surface area contributed by atoms with E-state index in [2.05, 4.69) is 15.9 Å². The minimum atomic E-state index is -0.723. The Bertz CT molecular complexity index is 2020. The topological polar surface area (TPSA) is 82.4 Å². The van der Waals surface area contributed by atoms with Gasteiger partial charge in [-0.2, -0.15) is 0 Å². The summed E-state index contributed by atoms with van der Waals surface area (Å²) < 4.78 is 20.1. The number of hydrogen-bond acceptors (Lipinski definition) is 7. The summed E-state index contributed by atoms with van der Waals surface area (Å²) in [4.78, 5) is 35.1. The van der Waals surface area contributed by atoms with Crippen molar-refractivity contribution < 1.29 is 19.0 Å². The number of fused-ring (bicyclic) bond motifs is 1. The summed E-state index contributed by atoms with van der Waals surface area (Å²) in [7, 11) is 3.12. The van der Waals surface area contributed by atoms with Crippen molar-refractivity contribution in [2.75, 3.05) is 27.3 Å². The third-order valence-electron chi connectivity index (χ3n) is 7.67. The number of carbonyl (C=O) groups excluding carboxylic acids is 1. The zero-order valence-electron chi connectivity index (χ0n) is 25.9. The van der Waals surface area contributed by atoms with Crippen LogP contribution in [0.25, 0.3) is 6.08 Å². The normalized spacial score (nSPS) is 14.5. The summed E-state index contributed by atoms with van der Waals surface area (Å²) in [6, 6.07) is 15.6. The van der Waals surface area contributed by atoms with Gasteiger partial charge in [0.1, 0.15) is 18.4 Å². The third-order valence-corrected chi connectivity index (χ3v) is 9.83. The third kappa shape index (κ3) is 6.62. The maximum absolute atomic E-state index is 14.2. The van der Waals surface area contributed by atoms with Crippen molar-refractivity contribution in [2.24, 2.45) is 4.99 Å². The van der Waals surface area contributed by atoms with E-state index in [9.17, 15) is 9.59 Å². The van der Waals surface area contributed by atoms with Gasteiger partial charge in [0, 0.05) is 34.3 Å². The fourth-order valence-electron chi connectivity index (χ4n) is 5.37. The van der Waals surface area contributed by atoms with E-state index >= 15 is 0 Å². The van der Waals surface area contributed by atoms with Gasteiger partial charge in [0.2, 0.25) is 0 Å². The van der Waals surface area contributed by atoms with Crippen LogP contribution in [0.3, 0.4) is 0 Å². The standard InChI is InChI=1S/C34H32BrCl2N3O5S/c1-6-39(7-2)33(42)29-19(3)38-34-40(30(29)23-10-8-9-11-26(23)43-4)32(41)28(46-34)16-20-14-24(35)31(27(15-20)44-5)45-18-21-12-13-22(36)17-25(21)37/h8-17,30H,6-7,18H2,1-5H3/b28-16+/t30-/m1/s1. The number of nitrogens with zero attached hydrogens (tertiary/aromatic N) is 3. The predicted molar refractivity (Wildman–Crippen MR) is 186 cm³/mol. The lowest BCUT2D eigenvalue weighted by Gasteiger charge is -2.29. The van der Waals surface area contributed by atoms with Crippen molar-refractivity contribution in [3.8, 4) is 17.2 Å². The molecule has 3 aromatic carbocycles. The van der Waals surface area contributed by atoms with Gasteiger partial charge in [0.15, 0.2) is 16.3 Å². The molecule has 1 aromatic heterocycles. The van der Waals surface area contributed by atoms with Crippen molar-refractivity contribution in [1.82, 2.24) is 9.47 Å². The second-order valence-electron chi connectivity index (χ2n) is 10.4. The lowest BCUT2D eigenvalue weighted by atomic mass is 9.94. The van der Waals surface area contributed by atoms with E-state index in [4.69, 9.17) is 42.4 Å². The first kappa shape index (κ1) is 33.8. The number of rotatable bonds is 10. The highest BCUT2D eigenvalue weighted by atomic mass is 79.9. The van der Waals surface area contributed by atoms with Gasteiger partial charge >= 0.3 is 0 Å². The van der Waals surface area contributed by atoms with Crippen LogP contribution in [0.5, 0.6) is 17.2 Å². The summed E-state index contributed by atoms with van der Waals surface area (Å²) in [5, 5.41) is 1.04. The molecule has 0 saturated carbocycles. The first-order valence-corrected chi connectivity index (χ1v) is 16.9. The Morgan fingerprint density at radius 1 is 1.07 bits per heavy atom. The van der Waals surface area contributed by atoms with E-state index in [-0.39, 0.29) is 18.1 Å². The SMILES string of the molecule is CCN(CC)C(=O)C1=C(C)N=c2s/c(=C/c3cc(Br)c(OCc4ccc(Cl)cc4Cl)c(OC)c3)c(=O)n2[C@@H]1c1ccccc1OC. The van der Waals surface area contributed by atoms with Gasteiger partial charge in [-0.1, -0.05) is 58.8 Å². The average molecular weight is 746 g/mol. The highest BCUT2D eigenvalue weighted by Gasteiger charge is 2.35. The number of methoxy groups -OCH3 is 2. The Balaban J connectivity index is 1.60. The van der Waals surface area contributed by atoms with Gasteiger partial charge in [0.05, 0.1) is 34.5 Å². The van der Waals surface area contributed by atoms with Gasteiger partial charge in [-0.25, -0.2) is 4.99 Å². The second kappa shape index (κ2) is 14.5. The summed E-state index contributed by atoms with van der Waals surface area (Å²) in [5.41, 5.74) is 2.91. The molecule has 1 aliphatic rings. The number of carbonyl (C=O) groups is 1. The molecule has 0 aliphatic carbocycles. The lowest BCUT2D eigenvalue weighted by molar-refractivity contribution is -0.127. The Kier molecular flexibility index (Phi) is 10.6. The van der Waals surface area contributed by atoms with E-state index < -0.39 is 6.04 Å². The van der Waals surface area contributed by atoms with Crippen molar-refractivity contribution in [1.29, 1.82) is 0 Å². The molecule has 1 atom stereocenters. The lowest BCUT2D eigenvalue weighted by Crippen LogP contribution is -2.43. The zero-order valence-corrected chi connectivity index (χ0v) is 29.8. The van der Waals surface area contributed by atoms with E-state index in [1.54, 1.807) is 54.0 Å².